The predicted molar refractivity (Wildman–Crippen MR) is 57.8 cm³/mol. The van der Waals surface area contributed by atoms with Crippen LogP contribution in [0.3, 0.4) is 0 Å². The lowest BCUT2D eigenvalue weighted by atomic mass is 10.1. The maximum Gasteiger partial charge on any atom is 0.305 e. The van der Waals surface area contributed by atoms with Crippen LogP contribution < -0.4 is 5.73 Å². The molecule has 3 nitrogen and oxygen atoms in total. The third-order valence-corrected chi connectivity index (χ3v) is 2.07. The number of carbonyl (C=O) groups is 1. The quantitative estimate of drug-likeness (QED) is 0.870. The highest BCUT2D eigenvalue weighted by molar-refractivity contribution is 6.30. The number of rotatable bonds is 3. The normalized spacial score (nSPS) is 11.7. The second-order valence-electron chi connectivity index (χ2n) is 2.88. The fourth-order valence-corrected chi connectivity index (χ4v) is 1.17. The van der Waals surface area contributed by atoms with Crippen LogP contribution in [0.15, 0.2) is 18.2 Å². The molecule has 0 aliphatic heterocycles. The molecule has 1 atom stereocenters. The van der Waals surface area contributed by atoms with Gasteiger partial charge in [-0.25, -0.2) is 4.39 Å². The second-order valence-corrected chi connectivity index (χ2v) is 3.29. The number of nitrogens with two attached hydrogens (primary N) is 1. The first-order valence-electron chi connectivity index (χ1n) is 3.93. The van der Waals surface area contributed by atoms with Crippen molar-refractivity contribution in [2.24, 2.45) is 5.73 Å². The van der Waals surface area contributed by atoms with E-state index >= 15 is 0 Å². The zero-order chi connectivity index (χ0) is 10.7. The van der Waals surface area contributed by atoms with Crippen molar-refractivity contribution in [3.05, 3.63) is 34.6 Å². The zero-order valence-electron chi connectivity index (χ0n) is 7.61. The SMILES string of the molecule is Cl.N[C@@H](CC(=O)O)c1ccc(Cl)c(F)c1. The minimum Gasteiger partial charge on any atom is -0.481 e. The number of hydrogen-bond donors (Lipinski definition) is 2. The molecule has 1 aromatic rings. The van der Waals surface area contributed by atoms with Crippen molar-refractivity contribution in [3.63, 3.8) is 0 Å². The average molecular weight is 254 g/mol. The number of halogens is 3. The largest absolute Gasteiger partial charge is 0.481 e. The van der Waals surface area contributed by atoms with Crippen molar-refractivity contribution in [3.8, 4) is 0 Å². The van der Waals surface area contributed by atoms with Gasteiger partial charge in [0.05, 0.1) is 11.4 Å². The summed E-state index contributed by atoms with van der Waals surface area (Å²) < 4.78 is 12.9. The summed E-state index contributed by atoms with van der Waals surface area (Å²) in [6, 6.07) is 3.31. The molecule has 0 saturated heterocycles. The van der Waals surface area contributed by atoms with Gasteiger partial charge in [0.1, 0.15) is 5.82 Å². The van der Waals surface area contributed by atoms with Gasteiger partial charge in [0.2, 0.25) is 0 Å². The summed E-state index contributed by atoms with van der Waals surface area (Å²) in [6.45, 7) is 0. The summed E-state index contributed by atoms with van der Waals surface area (Å²) in [5.74, 6) is -1.61. The highest BCUT2D eigenvalue weighted by Crippen LogP contribution is 2.20. The van der Waals surface area contributed by atoms with E-state index in [4.69, 9.17) is 22.4 Å². The fourth-order valence-electron chi connectivity index (χ4n) is 1.05. The molecular weight excluding hydrogens is 244 g/mol. The molecule has 1 rings (SSSR count). The number of hydrogen-bond acceptors (Lipinski definition) is 2. The van der Waals surface area contributed by atoms with Crippen LogP contribution in [0.25, 0.3) is 0 Å². The van der Waals surface area contributed by atoms with Gasteiger partial charge in [-0.1, -0.05) is 17.7 Å². The number of benzene rings is 1. The highest BCUT2D eigenvalue weighted by Gasteiger charge is 2.12. The Morgan fingerprint density at radius 2 is 2.20 bits per heavy atom. The third kappa shape index (κ3) is 4.03. The third-order valence-electron chi connectivity index (χ3n) is 1.77. The van der Waals surface area contributed by atoms with Gasteiger partial charge in [0, 0.05) is 6.04 Å². The number of carboxylic acid groups (broad SMARTS) is 1. The molecule has 84 valence electrons. The first kappa shape index (κ1) is 14.2. The topological polar surface area (TPSA) is 63.3 Å². The summed E-state index contributed by atoms with van der Waals surface area (Å²) in [5.41, 5.74) is 5.95. The van der Waals surface area contributed by atoms with Crippen molar-refractivity contribution in [2.75, 3.05) is 0 Å². The molecule has 0 aliphatic rings. The predicted octanol–water partition coefficient (Wildman–Crippen LogP) is 2.38. The molecule has 0 aromatic heterocycles. The molecule has 6 heteroatoms. The van der Waals surface area contributed by atoms with Crippen LogP contribution in [0.5, 0.6) is 0 Å². The molecule has 0 spiro atoms. The van der Waals surface area contributed by atoms with Crippen LogP contribution in [-0.4, -0.2) is 11.1 Å². The molecule has 15 heavy (non-hydrogen) atoms. The minimum atomic E-state index is -1.02. The molecule has 0 radical (unpaired) electrons. The molecular formula is C9H10Cl2FNO2. The summed E-state index contributed by atoms with van der Waals surface area (Å²) >= 11 is 5.46. The molecule has 1 aromatic carbocycles. The zero-order valence-corrected chi connectivity index (χ0v) is 9.19. The highest BCUT2D eigenvalue weighted by atomic mass is 35.5. The Kier molecular flexibility index (Phi) is 5.57. The van der Waals surface area contributed by atoms with Crippen molar-refractivity contribution < 1.29 is 14.3 Å². The van der Waals surface area contributed by atoms with E-state index in [1.165, 1.54) is 12.1 Å². The van der Waals surface area contributed by atoms with Crippen LogP contribution in [0.4, 0.5) is 4.39 Å². The van der Waals surface area contributed by atoms with Crippen LogP contribution >= 0.6 is 24.0 Å². The van der Waals surface area contributed by atoms with Crippen LogP contribution in [-0.2, 0) is 4.79 Å². The first-order valence-corrected chi connectivity index (χ1v) is 4.31. The van der Waals surface area contributed by atoms with Crippen LogP contribution in [0.2, 0.25) is 5.02 Å². The van der Waals surface area contributed by atoms with Gasteiger partial charge < -0.3 is 10.8 Å². The van der Waals surface area contributed by atoms with Gasteiger partial charge in [0.25, 0.3) is 0 Å². The molecule has 0 aliphatic carbocycles. The van der Waals surface area contributed by atoms with E-state index in [-0.39, 0.29) is 23.9 Å². The van der Waals surface area contributed by atoms with Gasteiger partial charge in [-0.3, -0.25) is 4.79 Å². The molecule has 0 bridgehead atoms. The fraction of sp³-hybridized carbons (Fsp3) is 0.222. The Hall–Kier alpha value is -0.840. The van der Waals surface area contributed by atoms with E-state index in [0.29, 0.717) is 5.56 Å². The number of carboxylic acids is 1. The van der Waals surface area contributed by atoms with Gasteiger partial charge in [-0.15, -0.1) is 12.4 Å². The monoisotopic (exact) mass is 253 g/mol. The average Bonchev–Trinajstić information content (AvgIpc) is 2.08. The summed E-state index contributed by atoms with van der Waals surface area (Å²) in [6.07, 6.45) is -0.235. The van der Waals surface area contributed by atoms with Gasteiger partial charge in [-0.05, 0) is 17.7 Å². The van der Waals surface area contributed by atoms with E-state index in [1.807, 2.05) is 0 Å². The van der Waals surface area contributed by atoms with E-state index in [9.17, 15) is 9.18 Å². The van der Waals surface area contributed by atoms with Crippen molar-refractivity contribution in [2.45, 2.75) is 12.5 Å². The van der Waals surface area contributed by atoms with Crippen molar-refractivity contribution >= 4 is 30.0 Å². The van der Waals surface area contributed by atoms with Gasteiger partial charge >= 0.3 is 5.97 Å². The van der Waals surface area contributed by atoms with E-state index in [0.717, 1.165) is 6.07 Å². The number of aliphatic carboxylic acids is 1. The summed E-state index contributed by atoms with van der Waals surface area (Å²) in [7, 11) is 0. The lowest BCUT2D eigenvalue weighted by Gasteiger charge is -2.09. The van der Waals surface area contributed by atoms with E-state index < -0.39 is 17.8 Å². The molecule has 0 fully saturated rings. The minimum absolute atomic E-state index is 0. The second kappa shape index (κ2) is 5.90. The van der Waals surface area contributed by atoms with E-state index in [2.05, 4.69) is 0 Å². The van der Waals surface area contributed by atoms with Crippen LogP contribution in [0, 0.1) is 5.82 Å². The van der Waals surface area contributed by atoms with Crippen molar-refractivity contribution in [1.29, 1.82) is 0 Å². The van der Waals surface area contributed by atoms with Gasteiger partial charge in [-0.2, -0.15) is 0 Å². The van der Waals surface area contributed by atoms with Gasteiger partial charge in [0.15, 0.2) is 0 Å². The van der Waals surface area contributed by atoms with E-state index in [1.54, 1.807) is 0 Å². The molecule has 0 heterocycles. The lowest BCUT2D eigenvalue weighted by Crippen LogP contribution is -2.15. The Bertz CT molecular complexity index is 360. The summed E-state index contributed by atoms with van der Waals surface area (Å²) in [4.78, 5) is 10.3. The first-order chi connectivity index (χ1) is 6.50. The maximum atomic E-state index is 12.9. The molecule has 3 N–H and O–H groups in total. The summed E-state index contributed by atoms with van der Waals surface area (Å²) in [5, 5.41) is 8.47. The standard InChI is InChI=1S/C9H9ClFNO2.ClH/c10-6-2-1-5(3-7(6)11)8(12)4-9(13)14;/h1-3,8H,4,12H2,(H,13,14);1H/t8-;/m0./s1. The smallest absolute Gasteiger partial charge is 0.305 e. The van der Waals surface area contributed by atoms with Crippen molar-refractivity contribution in [1.82, 2.24) is 0 Å². The lowest BCUT2D eigenvalue weighted by molar-refractivity contribution is -0.137. The Morgan fingerprint density at radius 1 is 1.60 bits per heavy atom. The Balaban J connectivity index is 0.00000196. The Labute approximate surface area is 97.4 Å². The Morgan fingerprint density at radius 3 is 2.67 bits per heavy atom. The molecule has 0 amide bonds. The molecule has 0 saturated carbocycles. The maximum absolute atomic E-state index is 12.9. The van der Waals surface area contributed by atoms with Crippen LogP contribution in [0.1, 0.15) is 18.0 Å². The molecule has 0 unspecified atom stereocenters.